The molecule has 0 aliphatic rings. The Morgan fingerprint density at radius 1 is 0.731 bits per heavy atom. The second kappa shape index (κ2) is 5.40. The predicted octanol–water partition coefficient (Wildman–Crippen LogP) is 5.10. The molecule has 2 N–H and O–H groups in total. The van der Waals surface area contributed by atoms with Crippen molar-refractivity contribution in [1.29, 1.82) is 0 Å². The van der Waals surface area contributed by atoms with Crippen LogP contribution in [-0.4, -0.2) is 24.9 Å². The van der Waals surface area contributed by atoms with E-state index in [1.807, 2.05) is 12.1 Å². The highest BCUT2D eigenvalue weighted by molar-refractivity contribution is 5.92. The summed E-state index contributed by atoms with van der Waals surface area (Å²) in [6.45, 7) is 13.0. The van der Waals surface area contributed by atoms with E-state index in [-0.39, 0.29) is 10.8 Å². The van der Waals surface area contributed by atoms with Gasteiger partial charge in [0.15, 0.2) is 5.82 Å². The van der Waals surface area contributed by atoms with Gasteiger partial charge in [0.05, 0.1) is 22.1 Å². The number of aromatic nitrogens is 5. The maximum absolute atomic E-state index is 4.80. The number of nitrogens with one attached hydrogen (secondary N) is 2. The van der Waals surface area contributed by atoms with Gasteiger partial charge in [0.1, 0.15) is 11.5 Å². The number of benzene rings is 1. The van der Waals surface area contributed by atoms with Crippen molar-refractivity contribution >= 4 is 22.1 Å². The third kappa shape index (κ3) is 2.87. The first-order chi connectivity index (χ1) is 12.1. The number of fused-ring (bicyclic) bond motifs is 2. The quantitative estimate of drug-likeness (QED) is 0.503. The zero-order valence-electron chi connectivity index (χ0n) is 16.2. The molecule has 0 saturated heterocycles. The number of rotatable bonds is 1. The maximum atomic E-state index is 4.80. The average Bonchev–Trinajstić information content (AvgIpc) is 3.14. The summed E-state index contributed by atoms with van der Waals surface area (Å²) in [6, 6.07) is 10.2. The van der Waals surface area contributed by atoms with Crippen LogP contribution in [0.25, 0.3) is 33.6 Å². The van der Waals surface area contributed by atoms with E-state index >= 15 is 0 Å². The third-order valence-corrected chi connectivity index (χ3v) is 4.56. The van der Waals surface area contributed by atoms with Gasteiger partial charge in [0.25, 0.3) is 0 Å². The molecule has 5 heteroatoms. The molecule has 134 valence electrons. The molecule has 0 radical (unpaired) electrons. The first-order valence-corrected chi connectivity index (χ1v) is 8.99. The number of nitrogens with zero attached hydrogens (tertiary/aromatic N) is 3. The molecule has 0 bridgehead atoms. The average molecular weight is 347 g/mol. The summed E-state index contributed by atoms with van der Waals surface area (Å²) in [4.78, 5) is 21.1. The van der Waals surface area contributed by atoms with Crippen molar-refractivity contribution in [2.24, 2.45) is 0 Å². The van der Waals surface area contributed by atoms with Gasteiger partial charge in [-0.15, -0.1) is 0 Å². The highest BCUT2D eigenvalue weighted by Crippen LogP contribution is 2.28. The Balaban J connectivity index is 1.81. The predicted molar refractivity (Wildman–Crippen MR) is 106 cm³/mol. The summed E-state index contributed by atoms with van der Waals surface area (Å²) in [7, 11) is 0. The van der Waals surface area contributed by atoms with Gasteiger partial charge in [-0.05, 0) is 24.3 Å². The molecule has 0 saturated carbocycles. The Hall–Kier alpha value is -2.69. The second-order valence-electron chi connectivity index (χ2n) is 8.97. The molecule has 3 heterocycles. The summed E-state index contributed by atoms with van der Waals surface area (Å²) in [6.07, 6.45) is 0. The summed E-state index contributed by atoms with van der Waals surface area (Å²) in [5.41, 5.74) is 5.76. The fourth-order valence-corrected chi connectivity index (χ4v) is 2.97. The van der Waals surface area contributed by atoms with Gasteiger partial charge in [-0.1, -0.05) is 47.6 Å². The van der Waals surface area contributed by atoms with Crippen LogP contribution < -0.4 is 0 Å². The molecular weight excluding hydrogens is 322 g/mol. The Morgan fingerprint density at radius 3 is 2.04 bits per heavy atom. The molecule has 3 aromatic heterocycles. The summed E-state index contributed by atoms with van der Waals surface area (Å²) in [5.74, 6) is 1.77. The lowest BCUT2D eigenvalue weighted by Crippen LogP contribution is -2.13. The Bertz CT molecular complexity index is 1050. The van der Waals surface area contributed by atoms with Crippen LogP contribution in [0.2, 0.25) is 0 Å². The maximum Gasteiger partial charge on any atom is 0.157 e. The Morgan fingerprint density at radius 2 is 1.38 bits per heavy atom. The van der Waals surface area contributed by atoms with Gasteiger partial charge in [-0.2, -0.15) is 0 Å². The summed E-state index contributed by atoms with van der Waals surface area (Å²) in [5, 5.41) is 0. The highest BCUT2D eigenvalue weighted by Gasteiger charge is 2.20. The highest BCUT2D eigenvalue weighted by atomic mass is 15.0. The van der Waals surface area contributed by atoms with Crippen LogP contribution in [0.3, 0.4) is 0 Å². The number of imidazole rings is 2. The van der Waals surface area contributed by atoms with Crippen LogP contribution in [0.4, 0.5) is 0 Å². The molecule has 0 spiro atoms. The normalized spacial score (nSPS) is 13.0. The van der Waals surface area contributed by atoms with E-state index < -0.39 is 0 Å². The fraction of sp³-hybridized carbons (Fsp3) is 0.381. The molecule has 5 nitrogen and oxygen atoms in total. The minimum Gasteiger partial charge on any atom is -0.341 e. The van der Waals surface area contributed by atoms with Crippen molar-refractivity contribution in [2.45, 2.75) is 52.4 Å². The minimum atomic E-state index is -0.0113. The van der Waals surface area contributed by atoms with E-state index in [9.17, 15) is 0 Å². The van der Waals surface area contributed by atoms with Crippen LogP contribution in [0, 0.1) is 0 Å². The molecule has 4 rings (SSSR count). The Labute approximate surface area is 153 Å². The summed E-state index contributed by atoms with van der Waals surface area (Å²) >= 11 is 0. The van der Waals surface area contributed by atoms with Crippen molar-refractivity contribution in [1.82, 2.24) is 24.9 Å². The van der Waals surface area contributed by atoms with Crippen LogP contribution in [0.15, 0.2) is 30.3 Å². The largest absolute Gasteiger partial charge is 0.341 e. The molecule has 0 fully saturated rings. The van der Waals surface area contributed by atoms with Crippen LogP contribution >= 0.6 is 0 Å². The smallest absolute Gasteiger partial charge is 0.157 e. The van der Waals surface area contributed by atoms with Crippen molar-refractivity contribution in [3.05, 3.63) is 41.9 Å². The van der Waals surface area contributed by atoms with E-state index in [4.69, 9.17) is 15.0 Å². The Kier molecular flexibility index (Phi) is 3.48. The first kappa shape index (κ1) is 16.8. The van der Waals surface area contributed by atoms with Crippen LogP contribution in [0.1, 0.15) is 53.1 Å². The lowest BCUT2D eigenvalue weighted by Gasteiger charge is -2.17. The number of hydrogen-bond donors (Lipinski definition) is 2. The van der Waals surface area contributed by atoms with Gasteiger partial charge in [0.2, 0.25) is 0 Å². The van der Waals surface area contributed by atoms with E-state index in [0.29, 0.717) is 0 Å². The van der Waals surface area contributed by atoms with Crippen molar-refractivity contribution in [3.63, 3.8) is 0 Å². The third-order valence-electron chi connectivity index (χ3n) is 4.56. The molecule has 26 heavy (non-hydrogen) atoms. The SMILES string of the molecule is CC(C)(C)c1cccc(-c2nc3cc4[nH]c(C(C)(C)C)nc4cc3[nH]2)n1. The molecule has 0 aliphatic carbocycles. The standard InChI is InChI=1S/C21H25N5/c1-20(2,3)17-9-7-8-12(22-17)18-23-13-10-15-16(11-14(13)24-18)26-19(25-15)21(4,5)6/h7-11H,1-6H3,(H,23,24)(H,25,26). The van der Waals surface area contributed by atoms with Crippen molar-refractivity contribution in [2.75, 3.05) is 0 Å². The van der Waals surface area contributed by atoms with Crippen molar-refractivity contribution < 1.29 is 0 Å². The monoisotopic (exact) mass is 347 g/mol. The topological polar surface area (TPSA) is 70.2 Å². The first-order valence-electron chi connectivity index (χ1n) is 8.99. The van der Waals surface area contributed by atoms with Crippen LogP contribution in [0.5, 0.6) is 0 Å². The molecule has 1 aromatic carbocycles. The molecule has 0 unspecified atom stereocenters. The van der Waals surface area contributed by atoms with Gasteiger partial charge in [-0.3, -0.25) is 0 Å². The van der Waals surface area contributed by atoms with E-state index in [1.165, 1.54) is 0 Å². The van der Waals surface area contributed by atoms with E-state index in [0.717, 1.165) is 45.1 Å². The molecule has 4 aromatic rings. The molecule has 0 amide bonds. The lowest BCUT2D eigenvalue weighted by molar-refractivity contribution is 0.554. The second-order valence-corrected chi connectivity index (χ2v) is 8.97. The number of hydrogen-bond acceptors (Lipinski definition) is 3. The minimum absolute atomic E-state index is 0.00515. The lowest BCUT2D eigenvalue weighted by atomic mass is 9.91. The van der Waals surface area contributed by atoms with E-state index in [1.54, 1.807) is 0 Å². The van der Waals surface area contributed by atoms with Gasteiger partial charge >= 0.3 is 0 Å². The van der Waals surface area contributed by atoms with Gasteiger partial charge < -0.3 is 9.97 Å². The van der Waals surface area contributed by atoms with Crippen molar-refractivity contribution in [3.8, 4) is 11.5 Å². The van der Waals surface area contributed by atoms with Gasteiger partial charge in [-0.25, -0.2) is 15.0 Å². The molecular formula is C21H25N5. The van der Waals surface area contributed by atoms with Crippen LogP contribution in [-0.2, 0) is 10.8 Å². The zero-order chi connectivity index (χ0) is 18.7. The van der Waals surface area contributed by atoms with E-state index in [2.05, 4.69) is 69.7 Å². The molecule has 0 aliphatic heterocycles. The van der Waals surface area contributed by atoms with Gasteiger partial charge in [0, 0.05) is 16.5 Å². The zero-order valence-corrected chi connectivity index (χ0v) is 16.2. The number of H-pyrrole nitrogens is 2. The number of pyridine rings is 1. The molecule has 0 atom stereocenters. The summed E-state index contributed by atoms with van der Waals surface area (Å²) < 4.78 is 0. The number of aromatic amines is 2. The fourth-order valence-electron chi connectivity index (χ4n) is 2.97.